The monoisotopic (exact) mass is 539 g/mol. The van der Waals surface area contributed by atoms with Crippen molar-refractivity contribution >= 4 is 39.6 Å². The summed E-state index contributed by atoms with van der Waals surface area (Å²) in [5, 5.41) is 16.1. The summed E-state index contributed by atoms with van der Waals surface area (Å²) in [5.41, 5.74) is 1.40. The minimum Gasteiger partial charge on any atom is -0.490 e. The first-order valence-electron chi connectivity index (χ1n) is 11.3. The molecule has 2 aromatic carbocycles. The molecule has 0 spiro atoms. The van der Waals surface area contributed by atoms with E-state index in [0.717, 1.165) is 17.0 Å². The second-order valence-electron chi connectivity index (χ2n) is 8.71. The summed E-state index contributed by atoms with van der Waals surface area (Å²) < 4.78 is 12.3. The smallest absolute Gasteiger partial charge is 0.269 e. The van der Waals surface area contributed by atoms with Crippen LogP contribution in [0, 0.1) is 33.8 Å². The largest absolute Gasteiger partial charge is 0.490 e. The van der Waals surface area contributed by atoms with Crippen molar-refractivity contribution in [3.05, 3.63) is 74.3 Å². The minimum absolute atomic E-state index is 0.0103. The fourth-order valence-corrected chi connectivity index (χ4v) is 5.63. The highest BCUT2D eigenvalue weighted by Gasteiger charge is 2.59. The van der Waals surface area contributed by atoms with E-state index in [0.29, 0.717) is 28.1 Å². The number of imide groups is 1. The van der Waals surface area contributed by atoms with Crippen LogP contribution in [0.25, 0.3) is 0 Å². The maximum absolute atomic E-state index is 12.8. The average Bonchev–Trinajstić information content (AvgIpc) is 3.52. The quantitative estimate of drug-likeness (QED) is 0.161. The lowest BCUT2D eigenvalue weighted by Gasteiger charge is -2.15. The first-order chi connectivity index (χ1) is 16.9. The highest BCUT2D eigenvalue weighted by atomic mass is 79.9. The summed E-state index contributed by atoms with van der Waals surface area (Å²) in [6.45, 7) is 2.42. The van der Waals surface area contributed by atoms with Gasteiger partial charge in [-0.2, -0.15) is 10.1 Å². The van der Waals surface area contributed by atoms with Gasteiger partial charge >= 0.3 is 0 Å². The molecule has 0 N–H and O–H groups in total. The van der Waals surface area contributed by atoms with E-state index in [4.69, 9.17) is 9.47 Å². The lowest BCUT2D eigenvalue weighted by Crippen LogP contribution is -2.28. The number of ether oxygens (including phenoxy) is 2. The summed E-state index contributed by atoms with van der Waals surface area (Å²) in [6, 6.07) is 9.60. The predicted octanol–water partition coefficient (Wildman–Crippen LogP) is 4.48. The second-order valence-corrected chi connectivity index (χ2v) is 9.56. The van der Waals surface area contributed by atoms with Gasteiger partial charge in [-0.25, -0.2) is 0 Å². The van der Waals surface area contributed by atoms with Crippen molar-refractivity contribution in [3.8, 4) is 11.5 Å². The van der Waals surface area contributed by atoms with Crippen molar-refractivity contribution < 1.29 is 24.0 Å². The van der Waals surface area contributed by atoms with Crippen molar-refractivity contribution in [3.63, 3.8) is 0 Å². The maximum atomic E-state index is 12.8. The van der Waals surface area contributed by atoms with Crippen LogP contribution in [0.2, 0.25) is 0 Å². The molecule has 1 aliphatic heterocycles. The number of fused-ring (bicyclic) bond motifs is 5. The third-order valence-electron chi connectivity index (χ3n) is 6.63. The van der Waals surface area contributed by atoms with Gasteiger partial charge in [0.2, 0.25) is 0 Å². The fourth-order valence-electron chi connectivity index (χ4n) is 5.06. The molecule has 0 aromatic heterocycles. The molecule has 180 valence electrons. The molecular formula is C25H22BrN3O6. The third kappa shape index (κ3) is 4.22. The maximum Gasteiger partial charge on any atom is 0.269 e. The molecule has 2 aliphatic carbocycles. The van der Waals surface area contributed by atoms with Crippen LogP contribution in [-0.2, 0) is 16.2 Å². The number of carbonyl (C=O) groups excluding carboxylic acids is 2. The Hall–Kier alpha value is -3.53. The van der Waals surface area contributed by atoms with Gasteiger partial charge in [0.25, 0.3) is 17.5 Å². The van der Waals surface area contributed by atoms with E-state index in [2.05, 4.69) is 21.0 Å². The lowest BCUT2D eigenvalue weighted by molar-refractivity contribution is -0.384. The Labute approximate surface area is 209 Å². The van der Waals surface area contributed by atoms with Crippen LogP contribution in [0.15, 0.2) is 58.1 Å². The first-order valence-corrected chi connectivity index (χ1v) is 12.1. The number of benzene rings is 2. The molecule has 9 nitrogen and oxygen atoms in total. The molecule has 2 fully saturated rings. The number of carbonyl (C=O) groups is 2. The molecule has 10 heteroatoms. The SMILES string of the molecule is CCOc1cc(C=NN2C(=O)[C@@H]3[C@H](C2=O)[C@H]2C=C[C@H]3C2)cc(Br)c1OCc1ccc([N+](=O)[O-])cc1. The van der Waals surface area contributed by atoms with E-state index in [-0.39, 0.29) is 47.8 Å². The number of nitro groups is 1. The van der Waals surface area contributed by atoms with E-state index in [1.165, 1.54) is 18.3 Å². The zero-order chi connectivity index (χ0) is 24.7. The topological polar surface area (TPSA) is 111 Å². The Morgan fingerprint density at radius 3 is 2.37 bits per heavy atom. The Bertz CT molecular complexity index is 1230. The number of allylic oxidation sites excluding steroid dienone is 2. The molecule has 5 rings (SSSR count). The number of hydrogen-bond donors (Lipinski definition) is 0. The molecule has 0 radical (unpaired) electrons. The highest BCUT2D eigenvalue weighted by molar-refractivity contribution is 9.10. The van der Waals surface area contributed by atoms with E-state index < -0.39 is 4.92 Å². The first kappa shape index (κ1) is 23.2. The Kier molecular flexibility index (Phi) is 6.14. The van der Waals surface area contributed by atoms with Gasteiger partial charge in [0.15, 0.2) is 11.5 Å². The molecule has 2 aromatic rings. The van der Waals surface area contributed by atoms with Gasteiger partial charge in [-0.05, 0) is 76.5 Å². The number of non-ortho nitro benzene ring substituents is 1. The molecule has 4 atom stereocenters. The summed E-state index contributed by atoms with van der Waals surface area (Å²) in [4.78, 5) is 36.1. The van der Waals surface area contributed by atoms with Crippen LogP contribution in [0.1, 0.15) is 24.5 Å². The second kappa shape index (κ2) is 9.26. The van der Waals surface area contributed by atoms with E-state index in [9.17, 15) is 19.7 Å². The predicted molar refractivity (Wildman–Crippen MR) is 130 cm³/mol. The molecule has 0 unspecified atom stereocenters. The summed E-state index contributed by atoms with van der Waals surface area (Å²) in [6.07, 6.45) is 6.44. The van der Waals surface area contributed by atoms with E-state index in [1.54, 1.807) is 24.3 Å². The number of hydrogen-bond acceptors (Lipinski definition) is 7. The van der Waals surface area contributed by atoms with Crippen LogP contribution in [-0.4, -0.2) is 34.6 Å². The van der Waals surface area contributed by atoms with Crippen LogP contribution in [0.4, 0.5) is 5.69 Å². The minimum atomic E-state index is -0.453. The number of nitrogens with zero attached hydrogens (tertiary/aromatic N) is 3. The number of amides is 2. The Balaban J connectivity index is 1.32. The molecule has 3 aliphatic rings. The van der Waals surface area contributed by atoms with Crippen LogP contribution in [0.5, 0.6) is 11.5 Å². The Morgan fingerprint density at radius 1 is 1.11 bits per heavy atom. The normalized spacial score (nSPS) is 24.5. The van der Waals surface area contributed by atoms with Gasteiger partial charge < -0.3 is 9.47 Å². The zero-order valence-corrected chi connectivity index (χ0v) is 20.4. The van der Waals surface area contributed by atoms with Gasteiger partial charge in [0.1, 0.15) is 6.61 Å². The fraction of sp³-hybridized carbons (Fsp3) is 0.320. The number of halogens is 1. The van der Waals surface area contributed by atoms with E-state index in [1.807, 2.05) is 19.1 Å². The van der Waals surface area contributed by atoms with Gasteiger partial charge in [-0.15, -0.1) is 0 Å². The van der Waals surface area contributed by atoms with E-state index >= 15 is 0 Å². The van der Waals surface area contributed by atoms with Crippen molar-refractivity contribution in [2.24, 2.45) is 28.8 Å². The molecule has 1 saturated heterocycles. The molecular weight excluding hydrogens is 518 g/mol. The molecule has 1 heterocycles. The van der Waals surface area contributed by atoms with Crippen molar-refractivity contribution in [1.82, 2.24) is 5.01 Å². The van der Waals surface area contributed by atoms with Gasteiger partial charge in [0, 0.05) is 12.1 Å². The average molecular weight is 540 g/mol. The molecule has 1 saturated carbocycles. The molecule has 2 amide bonds. The zero-order valence-electron chi connectivity index (χ0n) is 18.8. The van der Waals surface area contributed by atoms with Gasteiger partial charge in [-0.3, -0.25) is 19.7 Å². The number of rotatable bonds is 8. The standard InChI is InChI=1S/C25H22BrN3O6/c1-2-34-20-10-15(9-19(26)23(20)35-13-14-3-7-18(8-4-14)29(32)33)12-27-28-24(30)21-16-5-6-17(11-16)22(21)25(28)31/h3-10,12,16-17,21-22H,2,11,13H2,1H3/t16-,17-,21-,22+/m0/s1. The number of hydrazone groups is 1. The molecule has 2 bridgehead atoms. The summed E-state index contributed by atoms with van der Waals surface area (Å²) in [7, 11) is 0. The third-order valence-corrected chi connectivity index (χ3v) is 7.22. The highest BCUT2D eigenvalue weighted by Crippen LogP contribution is 2.52. The summed E-state index contributed by atoms with van der Waals surface area (Å²) in [5.74, 6) is 0.128. The van der Waals surface area contributed by atoms with Crippen molar-refractivity contribution in [2.45, 2.75) is 20.0 Å². The van der Waals surface area contributed by atoms with Crippen molar-refractivity contribution in [2.75, 3.05) is 6.61 Å². The number of nitro benzene ring substituents is 1. The lowest BCUT2D eigenvalue weighted by atomic mass is 9.85. The van der Waals surface area contributed by atoms with Crippen LogP contribution in [0.3, 0.4) is 0 Å². The Morgan fingerprint density at radius 2 is 1.77 bits per heavy atom. The van der Waals surface area contributed by atoms with Gasteiger partial charge in [0.05, 0.1) is 34.1 Å². The van der Waals surface area contributed by atoms with Crippen LogP contribution >= 0.6 is 15.9 Å². The summed E-state index contributed by atoms with van der Waals surface area (Å²) >= 11 is 3.50. The van der Waals surface area contributed by atoms with Crippen molar-refractivity contribution in [1.29, 1.82) is 0 Å². The van der Waals surface area contributed by atoms with Gasteiger partial charge in [-0.1, -0.05) is 12.2 Å². The molecule has 35 heavy (non-hydrogen) atoms. The van der Waals surface area contributed by atoms with Crippen LogP contribution < -0.4 is 9.47 Å².